The molecule has 22 heavy (non-hydrogen) atoms. The highest BCUT2D eigenvalue weighted by molar-refractivity contribution is 4.90. The first-order valence-corrected chi connectivity index (χ1v) is 8.10. The second-order valence-corrected chi connectivity index (χ2v) is 5.92. The Bertz CT molecular complexity index is 440. The minimum atomic E-state index is -0.222. The second-order valence-electron chi connectivity index (χ2n) is 5.92. The van der Waals surface area contributed by atoms with Crippen molar-refractivity contribution in [1.82, 2.24) is 19.9 Å². The Morgan fingerprint density at radius 1 is 1.27 bits per heavy atom. The highest BCUT2D eigenvalue weighted by Gasteiger charge is 2.19. The van der Waals surface area contributed by atoms with Crippen LogP contribution >= 0.6 is 0 Å². The molecule has 0 saturated carbocycles. The van der Waals surface area contributed by atoms with Crippen LogP contribution in [0.3, 0.4) is 0 Å². The molecule has 0 spiro atoms. The van der Waals surface area contributed by atoms with Crippen LogP contribution in [0.5, 0.6) is 0 Å². The number of aliphatic hydroxyl groups is 1. The van der Waals surface area contributed by atoms with Gasteiger partial charge in [-0.1, -0.05) is 12.1 Å². The first-order chi connectivity index (χ1) is 10.6. The summed E-state index contributed by atoms with van der Waals surface area (Å²) in [5, 5.41) is 13.7. The third-order valence-electron chi connectivity index (χ3n) is 4.18. The van der Waals surface area contributed by atoms with Crippen LogP contribution in [0.15, 0.2) is 4.52 Å². The van der Waals surface area contributed by atoms with Crippen molar-refractivity contribution in [2.24, 2.45) is 0 Å². The first-order valence-electron chi connectivity index (χ1n) is 8.10. The third kappa shape index (κ3) is 5.01. The van der Waals surface area contributed by atoms with E-state index in [1.807, 2.05) is 13.8 Å². The molecule has 2 rings (SSSR count). The predicted molar refractivity (Wildman–Crippen MR) is 82.4 cm³/mol. The van der Waals surface area contributed by atoms with Crippen LogP contribution < -0.4 is 0 Å². The molecule has 0 amide bonds. The van der Waals surface area contributed by atoms with Crippen LogP contribution in [0.2, 0.25) is 0 Å². The molecule has 1 aliphatic rings. The summed E-state index contributed by atoms with van der Waals surface area (Å²) in [6, 6.07) is 0. The molecule has 1 unspecified atom stereocenters. The highest BCUT2D eigenvalue weighted by Crippen LogP contribution is 2.13. The molecule has 2 atom stereocenters. The van der Waals surface area contributed by atoms with Gasteiger partial charge in [0.1, 0.15) is 6.10 Å². The van der Waals surface area contributed by atoms with Gasteiger partial charge in [0.15, 0.2) is 5.82 Å². The molecule has 1 aromatic heterocycles. The van der Waals surface area contributed by atoms with E-state index in [9.17, 15) is 5.11 Å². The van der Waals surface area contributed by atoms with E-state index in [0.29, 0.717) is 18.3 Å². The number of methoxy groups -OCH3 is 1. The van der Waals surface area contributed by atoms with Gasteiger partial charge in [-0.25, -0.2) is 0 Å². The summed E-state index contributed by atoms with van der Waals surface area (Å²) in [4.78, 5) is 9.05. The van der Waals surface area contributed by atoms with Crippen LogP contribution in [0.4, 0.5) is 0 Å². The zero-order valence-electron chi connectivity index (χ0n) is 13.9. The number of hydrogen-bond acceptors (Lipinski definition) is 7. The van der Waals surface area contributed by atoms with E-state index >= 15 is 0 Å². The van der Waals surface area contributed by atoms with E-state index in [1.54, 1.807) is 7.11 Å². The Morgan fingerprint density at radius 2 is 2.00 bits per heavy atom. The SMILES string of the molecule is CC[C@@H](O)CN1CCCN(Cc2nc(C(C)OC)no2)CC1. The molecule has 7 nitrogen and oxygen atoms in total. The maximum absolute atomic E-state index is 9.78. The van der Waals surface area contributed by atoms with Crippen molar-refractivity contribution in [3.8, 4) is 0 Å². The standard InChI is InChI=1S/C15H28N4O3/c1-4-13(20)10-18-6-5-7-19(9-8-18)11-14-16-15(17-22-14)12(2)21-3/h12-13,20H,4-11H2,1-3H3/t12?,13-/m1/s1. The molecule has 0 bridgehead atoms. The second kappa shape index (κ2) is 8.57. The van der Waals surface area contributed by atoms with Crippen LogP contribution in [0.1, 0.15) is 44.5 Å². The fourth-order valence-electron chi connectivity index (χ4n) is 2.59. The van der Waals surface area contributed by atoms with Gasteiger partial charge in [0.25, 0.3) is 0 Å². The van der Waals surface area contributed by atoms with Crippen LogP contribution in [0, 0.1) is 0 Å². The Balaban J connectivity index is 1.82. The summed E-state index contributed by atoms with van der Waals surface area (Å²) in [5.74, 6) is 1.24. The lowest BCUT2D eigenvalue weighted by Crippen LogP contribution is -2.35. The smallest absolute Gasteiger partial charge is 0.240 e. The number of nitrogens with zero attached hydrogens (tertiary/aromatic N) is 4. The maximum atomic E-state index is 9.78. The van der Waals surface area contributed by atoms with Gasteiger partial charge in [-0.05, 0) is 32.9 Å². The average Bonchev–Trinajstić information content (AvgIpc) is 2.88. The predicted octanol–water partition coefficient (Wildman–Crippen LogP) is 1.06. The molecule has 1 aliphatic heterocycles. The third-order valence-corrected chi connectivity index (χ3v) is 4.18. The molecule has 1 aromatic rings. The lowest BCUT2D eigenvalue weighted by Gasteiger charge is -2.23. The summed E-state index contributed by atoms with van der Waals surface area (Å²) < 4.78 is 10.5. The molecule has 1 fully saturated rings. The van der Waals surface area contributed by atoms with Crippen molar-refractivity contribution >= 4 is 0 Å². The highest BCUT2D eigenvalue weighted by atomic mass is 16.5. The van der Waals surface area contributed by atoms with Gasteiger partial charge >= 0.3 is 0 Å². The topological polar surface area (TPSA) is 74.9 Å². The van der Waals surface area contributed by atoms with E-state index in [4.69, 9.17) is 9.26 Å². The summed E-state index contributed by atoms with van der Waals surface area (Å²) >= 11 is 0. The minimum absolute atomic E-state index is 0.146. The van der Waals surface area contributed by atoms with E-state index < -0.39 is 0 Å². The zero-order chi connectivity index (χ0) is 15.9. The fraction of sp³-hybridized carbons (Fsp3) is 0.867. The van der Waals surface area contributed by atoms with Crippen LogP contribution in [-0.4, -0.2) is 71.0 Å². The van der Waals surface area contributed by atoms with Crippen molar-refractivity contribution in [1.29, 1.82) is 0 Å². The number of aliphatic hydroxyl groups excluding tert-OH is 1. The minimum Gasteiger partial charge on any atom is -0.392 e. The van der Waals surface area contributed by atoms with Crippen LogP contribution in [0.25, 0.3) is 0 Å². The van der Waals surface area contributed by atoms with Gasteiger partial charge in [0, 0.05) is 26.7 Å². The molecular weight excluding hydrogens is 284 g/mol. The van der Waals surface area contributed by atoms with E-state index in [1.165, 1.54) is 0 Å². The lowest BCUT2D eigenvalue weighted by atomic mass is 10.2. The molecule has 0 radical (unpaired) electrons. The number of β-amino-alcohol motifs (C(OH)–C–C–N with tert-alkyl or cyclic N) is 1. The van der Waals surface area contributed by atoms with E-state index in [2.05, 4.69) is 19.9 Å². The van der Waals surface area contributed by atoms with Gasteiger partial charge < -0.3 is 14.4 Å². The monoisotopic (exact) mass is 312 g/mol. The number of hydrogen-bond donors (Lipinski definition) is 1. The average molecular weight is 312 g/mol. The largest absolute Gasteiger partial charge is 0.392 e. The zero-order valence-corrected chi connectivity index (χ0v) is 13.9. The van der Waals surface area contributed by atoms with Gasteiger partial charge in [-0.3, -0.25) is 9.80 Å². The number of aromatic nitrogens is 2. The van der Waals surface area contributed by atoms with Crippen molar-refractivity contribution in [3.63, 3.8) is 0 Å². The lowest BCUT2D eigenvalue weighted by molar-refractivity contribution is 0.109. The van der Waals surface area contributed by atoms with Crippen molar-refractivity contribution in [2.75, 3.05) is 39.8 Å². The first kappa shape index (κ1) is 17.3. The Morgan fingerprint density at radius 3 is 2.73 bits per heavy atom. The summed E-state index contributed by atoms with van der Waals surface area (Å²) in [6.07, 6.45) is 1.53. The van der Waals surface area contributed by atoms with Gasteiger partial charge in [0.05, 0.1) is 12.6 Å². The normalized spacial score (nSPS) is 20.7. The summed E-state index contributed by atoms with van der Waals surface area (Å²) in [7, 11) is 1.63. The van der Waals surface area contributed by atoms with Gasteiger partial charge in [-0.15, -0.1) is 0 Å². The molecular formula is C15H28N4O3. The van der Waals surface area contributed by atoms with Gasteiger partial charge in [-0.2, -0.15) is 4.98 Å². The maximum Gasteiger partial charge on any atom is 0.240 e. The van der Waals surface area contributed by atoms with E-state index in [-0.39, 0.29) is 12.2 Å². The van der Waals surface area contributed by atoms with E-state index in [0.717, 1.165) is 45.6 Å². The molecule has 2 heterocycles. The summed E-state index contributed by atoms with van der Waals surface area (Å²) in [5.41, 5.74) is 0. The molecule has 1 saturated heterocycles. The number of rotatable bonds is 7. The molecule has 1 N–H and O–H groups in total. The van der Waals surface area contributed by atoms with Crippen molar-refractivity contribution in [3.05, 3.63) is 11.7 Å². The van der Waals surface area contributed by atoms with Crippen molar-refractivity contribution in [2.45, 2.75) is 45.4 Å². The van der Waals surface area contributed by atoms with Gasteiger partial charge in [0.2, 0.25) is 5.89 Å². The molecule has 0 aromatic carbocycles. The fourth-order valence-corrected chi connectivity index (χ4v) is 2.59. The Hall–Kier alpha value is -1.02. The molecule has 7 heteroatoms. The molecule has 0 aliphatic carbocycles. The number of ether oxygens (including phenoxy) is 1. The molecule has 126 valence electrons. The summed E-state index contributed by atoms with van der Waals surface area (Å²) in [6.45, 7) is 9.31. The van der Waals surface area contributed by atoms with Crippen LogP contribution in [-0.2, 0) is 11.3 Å². The Labute approximate surface area is 132 Å². The van der Waals surface area contributed by atoms with Crippen molar-refractivity contribution < 1.29 is 14.4 Å². The quantitative estimate of drug-likeness (QED) is 0.806. The Kier molecular flexibility index (Phi) is 6.75.